The van der Waals surface area contributed by atoms with E-state index in [2.05, 4.69) is 6.58 Å². The lowest BCUT2D eigenvalue weighted by Gasteiger charge is -2.36. The molecule has 10 nitrogen and oxygen atoms in total. The molecule has 1 rings (SSSR count). The molecule has 5 atom stereocenters. The number of esters is 2. The molecule has 0 saturated heterocycles. The van der Waals surface area contributed by atoms with Crippen molar-refractivity contribution in [2.24, 2.45) is 5.41 Å². The molecule has 192 valence electrons. The first kappa shape index (κ1) is 29.7. The molecular weight excluding hydrogens is 448 g/mol. The van der Waals surface area contributed by atoms with Crippen LogP contribution >= 0.6 is 0 Å². The number of carbonyl (C=O) groups is 3. The van der Waals surface area contributed by atoms with Crippen LogP contribution in [0.15, 0.2) is 35.5 Å². The largest absolute Gasteiger partial charge is 0.463 e. The van der Waals surface area contributed by atoms with Gasteiger partial charge in [-0.2, -0.15) is 0 Å². The Kier molecular flexibility index (Phi) is 11.3. The average molecular weight is 485 g/mol. The molecule has 0 aromatic carbocycles. The van der Waals surface area contributed by atoms with Gasteiger partial charge in [-0.25, -0.2) is 0 Å². The minimum absolute atomic E-state index is 0.279. The van der Waals surface area contributed by atoms with Crippen LogP contribution in [0.5, 0.6) is 0 Å². The molecule has 0 saturated carbocycles. The van der Waals surface area contributed by atoms with Gasteiger partial charge in [-0.15, -0.1) is 0 Å². The summed E-state index contributed by atoms with van der Waals surface area (Å²) in [6.45, 7) is 9.67. The molecule has 0 heterocycles. The van der Waals surface area contributed by atoms with Gasteiger partial charge in [-0.05, 0) is 30.4 Å². The Balaban J connectivity index is 2.59. The van der Waals surface area contributed by atoms with Crippen molar-refractivity contribution in [2.75, 3.05) is 13.2 Å². The minimum Gasteiger partial charge on any atom is -0.463 e. The number of hydrogen-bond acceptors (Lipinski definition) is 10. The Morgan fingerprint density at radius 2 is 1.68 bits per heavy atom. The third kappa shape index (κ3) is 8.44. The van der Waals surface area contributed by atoms with Crippen LogP contribution in [0.25, 0.3) is 0 Å². The molecule has 5 N–H and O–H groups in total. The number of aliphatic hydroxyl groups excluding tert-OH is 5. The summed E-state index contributed by atoms with van der Waals surface area (Å²) in [6, 6.07) is 0. The lowest BCUT2D eigenvalue weighted by Crippen LogP contribution is -2.47. The topological polar surface area (TPSA) is 171 Å². The summed E-state index contributed by atoms with van der Waals surface area (Å²) in [5.41, 5.74) is 1.74. The van der Waals surface area contributed by atoms with Gasteiger partial charge < -0.3 is 35.0 Å². The second kappa shape index (κ2) is 12.9. The highest BCUT2D eigenvalue weighted by Gasteiger charge is 2.40. The molecule has 1 aliphatic rings. The van der Waals surface area contributed by atoms with Crippen molar-refractivity contribution < 1.29 is 49.4 Å². The van der Waals surface area contributed by atoms with Crippen LogP contribution in [0, 0.1) is 5.41 Å². The fraction of sp³-hybridized carbons (Fsp3) is 0.625. The van der Waals surface area contributed by atoms with Gasteiger partial charge in [0, 0.05) is 6.42 Å². The molecule has 0 radical (unpaired) electrons. The smallest absolute Gasteiger partial charge is 0.307 e. The zero-order valence-electron chi connectivity index (χ0n) is 20.1. The molecule has 5 unspecified atom stereocenters. The first-order valence-electron chi connectivity index (χ1n) is 11.0. The SMILES string of the molecule is C=C(C)C=CC1=C(C)C(=O)C(OC(=O)CCC(=O)OCC(O)C(O)C(O)C(O)CO)CC1(C)C. The van der Waals surface area contributed by atoms with Crippen LogP contribution in [0.1, 0.15) is 47.0 Å². The van der Waals surface area contributed by atoms with Crippen LogP contribution < -0.4 is 0 Å². The molecule has 10 heteroatoms. The summed E-state index contributed by atoms with van der Waals surface area (Å²) >= 11 is 0. The number of rotatable bonds is 12. The molecule has 34 heavy (non-hydrogen) atoms. The van der Waals surface area contributed by atoms with Crippen molar-refractivity contribution in [3.05, 3.63) is 35.5 Å². The first-order chi connectivity index (χ1) is 15.7. The quantitative estimate of drug-likeness (QED) is 0.189. The number of allylic oxidation sites excluding steroid dienone is 4. The zero-order valence-corrected chi connectivity index (χ0v) is 20.1. The van der Waals surface area contributed by atoms with Crippen LogP contribution in [-0.4, -0.2) is 87.0 Å². The van der Waals surface area contributed by atoms with Crippen molar-refractivity contribution in [3.8, 4) is 0 Å². The van der Waals surface area contributed by atoms with Gasteiger partial charge in [0.2, 0.25) is 0 Å². The van der Waals surface area contributed by atoms with E-state index in [1.54, 1.807) is 6.92 Å². The summed E-state index contributed by atoms with van der Waals surface area (Å²) in [5, 5.41) is 47.0. The second-order valence-corrected chi connectivity index (χ2v) is 9.13. The Hall–Kier alpha value is -2.37. The maximum Gasteiger partial charge on any atom is 0.307 e. The molecule has 0 bridgehead atoms. The zero-order chi connectivity index (χ0) is 26.2. The number of ether oxygens (including phenoxy) is 2. The van der Waals surface area contributed by atoms with E-state index in [0.717, 1.165) is 11.1 Å². The fourth-order valence-corrected chi connectivity index (χ4v) is 3.55. The van der Waals surface area contributed by atoms with E-state index in [4.69, 9.17) is 14.6 Å². The van der Waals surface area contributed by atoms with Crippen LogP contribution in [0.3, 0.4) is 0 Å². The number of aliphatic hydroxyl groups is 5. The maximum atomic E-state index is 12.7. The summed E-state index contributed by atoms with van der Waals surface area (Å²) in [5.74, 6) is -1.95. The number of hydrogen-bond donors (Lipinski definition) is 5. The van der Waals surface area contributed by atoms with Gasteiger partial charge in [-0.1, -0.05) is 38.2 Å². The van der Waals surface area contributed by atoms with Crippen molar-refractivity contribution in [1.82, 2.24) is 0 Å². The predicted octanol–water partition coefficient (Wildman–Crippen LogP) is 0.105. The van der Waals surface area contributed by atoms with Gasteiger partial charge in [0.05, 0.1) is 19.4 Å². The van der Waals surface area contributed by atoms with E-state index in [-0.39, 0.29) is 18.6 Å². The standard InChI is InChI=1S/C24H36O10/c1-13(2)6-7-15-14(3)21(30)18(10-24(15,4)5)34-20(29)9-8-19(28)33-12-17(27)23(32)22(31)16(26)11-25/h6-7,16-18,22-23,25-27,31-32H,1,8-12H2,2-5H3. The Bertz CT molecular complexity index is 826. The van der Waals surface area contributed by atoms with Gasteiger partial charge >= 0.3 is 11.9 Å². The number of Topliss-reactive ketones (excluding diaryl/α,β-unsaturated/α-hetero) is 1. The average Bonchev–Trinajstić information content (AvgIpc) is 2.77. The Morgan fingerprint density at radius 1 is 1.12 bits per heavy atom. The molecule has 0 aromatic heterocycles. The number of carbonyl (C=O) groups excluding carboxylic acids is 3. The van der Waals surface area contributed by atoms with Crippen LogP contribution in [-0.2, 0) is 23.9 Å². The maximum absolute atomic E-state index is 12.7. The lowest BCUT2D eigenvalue weighted by molar-refractivity contribution is -0.161. The molecule has 0 fully saturated rings. The summed E-state index contributed by atoms with van der Waals surface area (Å²) in [6.07, 6.45) is -4.91. The predicted molar refractivity (Wildman–Crippen MR) is 121 cm³/mol. The molecule has 0 aromatic rings. The third-order valence-corrected chi connectivity index (χ3v) is 5.57. The Labute approximate surface area is 199 Å². The van der Waals surface area contributed by atoms with Crippen molar-refractivity contribution >= 4 is 17.7 Å². The summed E-state index contributed by atoms with van der Waals surface area (Å²) in [4.78, 5) is 36.8. The van der Waals surface area contributed by atoms with Crippen molar-refractivity contribution in [2.45, 2.75) is 77.5 Å². The fourth-order valence-electron chi connectivity index (χ4n) is 3.55. The monoisotopic (exact) mass is 484 g/mol. The van der Waals surface area contributed by atoms with Crippen molar-refractivity contribution in [3.63, 3.8) is 0 Å². The second-order valence-electron chi connectivity index (χ2n) is 9.13. The summed E-state index contributed by atoms with van der Waals surface area (Å²) in [7, 11) is 0. The number of ketones is 1. The highest BCUT2D eigenvalue weighted by atomic mass is 16.6. The highest BCUT2D eigenvalue weighted by molar-refractivity contribution is 6.01. The molecule has 1 aliphatic carbocycles. The van der Waals surface area contributed by atoms with Gasteiger partial charge in [0.15, 0.2) is 11.9 Å². The van der Waals surface area contributed by atoms with Gasteiger partial charge in [0.25, 0.3) is 0 Å². The van der Waals surface area contributed by atoms with E-state index >= 15 is 0 Å². The molecule has 0 aliphatic heterocycles. The Morgan fingerprint density at radius 3 is 2.24 bits per heavy atom. The van der Waals surface area contributed by atoms with E-state index in [9.17, 15) is 34.8 Å². The van der Waals surface area contributed by atoms with E-state index < -0.39 is 67.5 Å². The van der Waals surface area contributed by atoms with Crippen molar-refractivity contribution in [1.29, 1.82) is 0 Å². The van der Waals surface area contributed by atoms with Gasteiger partial charge in [-0.3, -0.25) is 14.4 Å². The third-order valence-electron chi connectivity index (χ3n) is 5.57. The normalized spacial score (nSPS) is 21.7. The van der Waals surface area contributed by atoms with E-state index in [1.165, 1.54) is 0 Å². The lowest BCUT2D eigenvalue weighted by atomic mass is 9.71. The molecule has 0 amide bonds. The first-order valence-corrected chi connectivity index (χ1v) is 11.0. The molecular formula is C24H36O10. The minimum atomic E-state index is -1.87. The van der Waals surface area contributed by atoms with Gasteiger partial charge in [0.1, 0.15) is 31.0 Å². The summed E-state index contributed by atoms with van der Waals surface area (Å²) < 4.78 is 10.1. The van der Waals surface area contributed by atoms with E-state index in [1.807, 2.05) is 32.9 Å². The van der Waals surface area contributed by atoms with E-state index in [0.29, 0.717) is 5.57 Å². The molecule has 0 spiro atoms. The highest BCUT2D eigenvalue weighted by Crippen LogP contribution is 2.40. The van der Waals surface area contributed by atoms with Crippen LogP contribution in [0.2, 0.25) is 0 Å². The van der Waals surface area contributed by atoms with Crippen LogP contribution in [0.4, 0.5) is 0 Å².